The van der Waals surface area contributed by atoms with Crippen molar-refractivity contribution in [1.82, 2.24) is 5.32 Å². The molecule has 0 aromatic rings. The van der Waals surface area contributed by atoms with Crippen molar-refractivity contribution in [3.05, 3.63) is 109 Å². The lowest BCUT2D eigenvalue weighted by molar-refractivity contribution is -0.379. The normalized spacial score (nSPS) is 32.1. The molecule has 17 atom stereocenters. The monoisotopic (exact) mass is 1060 g/mol. The molecule has 12 N–H and O–H groups in total. The standard InChI is InChI=1S/C56H89NO18/c1-3-5-7-9-11-13-15-16-17-18-19-20-21-22-24-26-28-30-32-34-44(62)57-39(40(61)33-31-29-27-25-23-14-12-10-8-6-4-2)38-70-54-50(68)47(65)52(42(36-59)72-54)75-56-51(69)48(66)53(43(37-60)73-56)74-55-49(67)46(64)45(63)41(35-58)71-55/h5,7-8,10-11,13,16-17,19-20,22-25,28,30-31,33,39-43,45-56,58-61,63-69H,3-4,6,9,12,14-15,18,21,26-27,29,32,34-38H2,1-2H3,(H,57,62)/b7-5-,10-8+,13-11-,17-16-,20-19-,24-22-,25-23+,30-28-,33-31+. The number of allylic oxidation sites excluding steroid dienone is 17. The van der Waals surface area contributed by atoms with E-state index in [1.54, 1.807) is 6.08 Å². The van der Waals surface area contributed by atoms with Gasteiger partial charge in [0.1, 0.15) is 73.2 Å². The van der Waals surface area contributed by atoms with Crippen molar-refractivity contribution >= 4 is 5.91 Å². The molecule has 3 aliphatic rings. The van der Waals surface area contributed by atoms with Gasteiger partial charge in [-0.25, -0.2) is 0 Å². The van der Waals surface area contributed by atoms with Crippen LogP contribution in [-0.2, 0) is 33.2 Å². The summed E-state index contributed by atoms with van der Waals surface area (Å²) in [4.78, 5) is 13.2. The highest BCUT2D eigenvalue weighted by Gasteiger charge is 2.53. The van der Waals surface area contributed by atoms with E-state index >= 15 is 0 Å². The van der Waals surface area contributed by atoms with E-state index in [4.69, 9.17) is 28.4 Å². The molecule has 0 radical (unpaired) electrons. The molecule has 0 aliphatic carbocycles. The molecule has 0 bridgehead atoms. The largest absolute Gasteiger partial charge is 0.394 e. The fourth-order valence-corrected chi connectivity index (χ4v) is 8.13. The first-order chi connectivity index (χ1) is 36.3. The van der Waals surface area contributed by atoms with Crippen LogP contribution in [0.4, 0.5) is 0 Å². The number of hydrogen-bond donors (Lipinski definition) is 12. The highest BCUT2D eigenvalue weighted by Crippen LogP contribution is 2.33. The zero-order chi connectivity index (χ0) is 54.8. The number of aliphatic hydroxyl groups is 11. The first kappa shape index (κ1) is 65.7. The number of hydrogen-bond acceptors (Lipinski definition) is 18. The van der Waals surface area contributed by atoms with Crippen molar-refractivity contribution in [3.63, 3.8) is 0 Å². The van der Waals surface area contributed by atoms with E-state index < -0.39 is 131 Å². The van der Waals surface area contributed by atoms with Crippen molar-refractivity contribution in [3.8, 4) is 0 Å². The van der Waals surface area contributed by atoms with E-state index in [2.05, 4.69) is 104 Å². The molecule has 3 aliphatic heterocycles. The van der Waals surface area contributed by atoms with Gasteiger partial charge in [0, 0.05) is 6.42 Å². The smallest absolute Gasteiger partial charge is 0.220 e. The second kappa shape index (κ2) is 38.9. The molecule has 0 saturated carbocycles. The van der Waals surface area contributed by atoms with E-state index in [-0.39, 0.29) is 12.3 Å². The number of carbonyl (C=O) groups is 1. The molecule has 19 nitrogen and oxygen atoms in total. The lowest BCUT2D eigenvalue weighted by Gasteiger charge is -2.48. The number of amides is 1. The summed E-state index contributed by atoms with van der Waals surface area (Å²) in [6.45, 7) is 1.38. The zero-order valence-corrected chi connectivity index (χ0v) is 43.7. The molecule has 75 heavy (non-hydrogen) atoms. The van der Waals surface area contributed by atoms with Crippen LogP contribution in [0, 0.1) is 0 Å². The van der Waals surface area contributed by atoms with Crippen LogP contribution < -0.4 is 5.32 Å². The van der Waals surface area contributed by atoms with Crippen LogP contribution in [0.15, 0.2) is 109 Å². The Morgan fingerprint density at radius 3 is 1.36 bits per heavy atom. The third-order valence-corrected chi connectivity index (χ3v) is 12.5. The fourth-order valence-electron chi connectivity index (χ4n) is 8.13. The second-order valence-electron chi connectivity index (χ2n) is 18.6. The fraction of sp³-hybridized carbons (Fsp3) is 0.661. The summed E-state index contributed by atoms with van der Waals surface area (Å²) >= 11 is 0. The average molecular weight is 1060 g/mol. The number of rotatable bonds is 35. The van der Waals surface area contributed by atoms with Gasteiger partial charge in [-0.2, -0.15) is 0 Å². The molecule has 1 amide bonds. The summed E-state index contributed by atoms with van der Waals surface area (Å²) in [7, 11) is 0. The Morgan fingerprint density at radius 1 is 0.480 bits per heavy atom. The van der Waals surface area contributed by atoms with Crippen LogP contribution in [0.5, 0.6) is 0 Å². The highest BCUT2D eigenvalue weighted by atomic mass is 16.8. The number of unbranched alkanes of at least 4 members (excludes halogenated alkanes) is 3. The minimum atomic E-state index is -1.99. The zero-order valence-electron chi connectivity index (χ0n) is 43.7. The maximum absolute atomic E-state index is 13.2. The number of carbonyl (C=O) groups excluding carboxylic acids is 1. The van der Waals surface area contributed by atoms with E-state index in [0.717, 1.165) is 64.2 Å². The molecule has 3 rings (SSSR count). The topological polar surface area (TPSA) is 307 Å². The van der Waals surface area contributed by atoms with Gasteiger partial charge in [0.15, 0.2) is 18.9 Å². The third kappa shape index (κ3) is 23.9. The van der Waals surface area contributed by atoms with Crippen molar-refractivity contribution in [2.75, 3.05) is 26.4 Å². The Kier molecular flexibility index (Phi) is 34.1. The van der Waals surface area contributed by atoms with Gasteiger partial charge in [0.05, 0.1) is 38.6 Å². The van der Waals surface area contributed by atoms with E-state index in [9.17, 15) is 61.0 Å². The molecule has 426 valence electrons. The predicted molar refractivity (Wildman–Crippen MR) is 281 cm³/mol. The van der Waals surface area contributed by atoms with Crippen molar-refractivity contribution in [1.29, 1.82) is 0 Å². The highest BCUT2D eigenvalue weighted by molar-refractivity contribution is 5.76. The quantitative estimate of drug-likeness (QED) is 0.0321. The molecule has 3 heterocycles. The van der Waals surface area contributed by atoms with Crippen LogP contribution in [0.2, 0.25) is 0 Å². The maximum Gasteiger partial charge on any atom is 0.220 e. The third-order valence-electron chi connectivity index (χ3n) is 12.5. The summed E-state index contributed by atoms with van der Waals surface area (Å²) in [5.41, 5.74) is 0. The van der Waals surface area contributed by atoms with Gasteiger partial charge < -0.3 is 89.9 Å². The van der Waals surface area contributed by atoms with Gasteiger partial charge in [-0.15, -0.1) is 0 Å². The van der Waals surface area contributed by atoms with Crippen LogP contribution in [0.1, 0.15) is 104 Å². The molecule has 0 aromatic carbocycles. The molecular weight excluding hydrogens is 975 g/mol. The van der Waals surface area contributed by atoms with Crippen LogP contribution in [-0.4, -0.2) is 193 Å². The first-order valence-electron chi connectivity index (χ1n) is 26.6. The summed E-state index contributed by atoms with van der Waals surface area (Å²) in [6, 6.07) is -1.04. The summed E-state index contributed by atoms with van der Waals surface area (Å²) < 4.78 is 34.0. The number of aliphatic hydroxyl groups excluding tert-OH is 11. The van der Waals surface area contributed by atoms with Crippen molar-refractivity contribution in [2.45, 2.75) is 208 Å². The molecule has 3 fully saturated rings. The van der Waals surface area contributed by atoms with Crippen LogP contribution in [0.25, 0.3) is 0 Å². The van der Waals surface area contributed by atoms with Crippen LogP contribution in [0.3, 0.4) is 0 Å². The molecule has 0 aromatic heterocycles. The van der Waals surface area contributed by atoms with Crippen LogP contribution >= 0.6 is 0 Å². The second-order valence-corrected chi connectivity index (χ2v) is 18.6. The van der Waals surface area contributed by atoms with Gasteiger partial charge in [0.2, 0.25) is 5.91 Å². The van der Waals surface area contributed by atoms with Gasteiger partial charge in [0.25, 0.3) is 0 Å². The molecule has 19 heteroatoms. The lowest BCUT2D eigenvalue weighted by atomic mass is 9.96. The molecular formula is C56H89NO18. The Balaban J connectivity index is 1.57. The summed E-state index contributed by atoms with van der Waals surface area (Å²) in [5.74, 6) is -0.381. The van der Waals surface area contributed by atoms with Gasteiger partial charge in [-0.05, 0) is 77.0 Å². The van der Waals surface area contributed by atoms with E-state index in [1.807, 2.05) is 12.2 Å². The Morgan fingerprint density at radius 2 is 0.880 bits per heavy atom. The average Bonchev–Trinajstić information content (AvgIpc) is 3.41. The Hall–Kier alpha value is -3.55. The van der Waals surface area contributed by atoms with Gasteiger partial charge >= 0.3 is 0 Å². The molecule has 0 spiro atoms. The first-order valence-corrected chi connectivity index (χ1v) is 26.6. The molecule has 17 unspecified atom stereocenters. The van der Waals surface area contributed by atoms with Crippen molar-refractivity contribution < 1.29 is 89.4 Å². The van der Waals surface area contributed by atoms with E-state index in [0.29, 0.717) is 19.3 Å². The van der Waals surface area contributed by atoms with Gasteiger partial charge in [-0.1, -0.05) is 130 Å². The minimum absolute atomic E-state index is 0.0992. The summed E-state index contributed by atoms with van der Waals surface area (Å²) in [6.07, 6.45) is 21.1. The van der Waals surface area contributed by atoms with Gasteiger partial charge in [-0.3, -0.25) is 4.79 Å². The van der Waals surface area contributed by atoms with E-state index in [1.165, 1.54) is 6.08 Å². The van der Waals surface area contributed by atoms with Crippen molar-refractivity contribution in [2.24, 2.45) is 0 Å². The number of nitrogens with one attached hydrogen (secondary N) is 1. The SMILES string of the molecule is CC/C=C\C/C=C\C/C=C\C/C=C\C/C=C\C/C=C\CCC(=O)NC(COC1OC(CO)C(OC2OC(CO)C(OC3OC(CO)C(O)C(O)C3O)C(O)C2O)C(O)C1O)C(O)/C=C/CC/C=C/CC/C=C/CCC. The lowest BCUT2D eigenvalue weighted by Crippen LogP contribution is -2.66. The maximum atomic E-state index is 13.2. The predicted octanol–water partition coefficient (Wildman–Crippen LogP) is 2.80. The molecule has 3 saturated heterocycles. The Labute approximate surface area is 443 Å². The Bertz CT molecular complexity index is 1800. The number of ether oxygens (including phenoxy) is 6. The summed E-state index contributed by atoms with van der Waals surface area (Å²) in [5, 5.41) is 120. The minimum Gasteiger partial charge on any atom is -0.394 e.